The second kappa shape index (κ2) is 8.83. The number of ether oxygens (including phenoxy) is 1. The number of carbonyl (C=O) groups is 2. The Morgan fingerprint density at radius 1 is 1.13 bits per heavy atom. The van der Waals surface area contributed by atoms with Crippen LogP contribution in [0.4, 0.5) is 5.69 Å². The number of amides is 2. The molecule has 2 amide bonds. The zero-order chi connectivity index (χ0) is 21.1. The molecule has 2 saturated heterocycles. The van der Waals surface area contributed by atoms with Gasteiger partial charge in [-0.3, -0.25) is 9.59 Å². The molecular formula is C23H26N2O5. The first-order valence-electron chi connectivity index (χ1n) is 10.5. The summed E-state index contributed by atoms with van der Waals surface area (Å²) < 4.78 is 10.9. The van der Waals surface area contributed by atoms with Crippen molar-refractivity contribution in [3.63, 3.8) is 0 Å². The number of aryl methyl sites for hydroxylation is 1. The van der Waals surface area contributed by atoms with Gasteiger partial charge in [0.25, 0.3) is 5.91 Å². The lowest BCUT2D eigenvalue weighted by atomic mass is 10.1. The molecule has 1 aromatic carbocycles. The Morgan fingerprint density at radius 3 is 2.50 bits per heavy atom. The van der Waals surface area contributed by atoms with Gasteiger partial charge in [-0.1, -0.05) is 12.1 Å². The molecule has 0 bridgehead atoms. The van der Waals surface area contributed by atoms with Gasteiger partial charge in [-0.25, -0.2) is 4.79 Å². The molecule has 0 radical (unpaired) electrons. The highest BCUT2D eigenvalue weighted by Gasteiger charge is 2.24. The summed E-state index contributed by atoms with van der Waals surface area (Å²) in [4.78, 5) is 39.2. The summed E-state index contributed by atoms with van der Waals surface area (Å²) in [7, 11) is 0. The van der Waals surface area contributed by atoms with Gasteiger partial charge in [-0.2, -0.15) is 0 Å². The van der Waals surface area contributed by atoms with Gasteiger partial charge in [0.2, 0.25) is 5.91 Å². The van der Waals surface area contributed by atoms with Crippen LogP contribution < -0.4 is 10.9 Å². The predicted molar refractivity (Wildman–Crippen MR) is 112 cm³/mol. The molecule has 7 heteroatoms. The van der Waals surface area contributed by atoms with Crippen molar-refractivity contribution in [3.05, 3.63) is 63.2 Å². The Kier molecular flexibility index (Phi) is 5.99. The summed E-state index contributed by atoms with van der Waals surface area (Å²) >= 11 is 0. The molecule has 2 aliphatic rings. The molecule has 30 heavy (non-hydrogen) atoms. The van der Waals surface area contributed by atoms with Gasteiger partial charge in [0.1, 0.15) is 17.4 Å². The van der Waals surface area contributed by atoms with Crippen LogP contribution in [0.5, 0.6) is 0 Å². The molecule has 2 aliphatic heterocycles. The molecule has 2 fully saturated rings. The minimum Gasteiger partial charge on any atom is -0.424 e. The number of anilines is 1. The van der Waals surface area contributed by atoms with Crippen LogP contribution in [0, 0.1) is 6.92 Å². The quantitative estimate of drug-likeness (QED) is 0.818. The Labute approximate surface area is 175 Å². The van der Waals surface area contributed by atoms with Crippen LogP contribution in [0.3, 0.4) is 0 Å². The average Bonchev–Trinajstić information content (AvgIpc) is 3.43. The number of benzene rings is 1. The maximum absolute atomic E-state index is 12.7. The Bertz CT molecular complexity index is 984. The van der Waals surface area contributed by atoms with Gasteiger partial charge in [0.05, 0.1) is 6.42 Å². The van der Waals surface area contributed by atoms with Crippen molar-refractivity contribution >= 4 is 17.5 Å². The highest BCUT2D eigenvalue weighted by atomic mass is 16.5. The van der Waals surface area contributed by atoms with Crippen molar-refractivity contribution in [2.45, 2.75) is 45.1 Å². The van der Waals surface area contributed by atoms with Gasteiger partial charge in [-0.15, -0.1) is 0 Å². The molecule has 0 aliphatic carbocycles. The molecule has 2 aromatic rings. The maximum atomic E-state index is 12.7. The van der Waals surface area contributed by atoms with E-state index in [2.05, 4.69) is 5.32 Å². The first kappa shape index (κ1) is 20.3. The fourth-order valence-corrected chi connectivity index (χ4v) is 4.02. The summed E-state index contributed by atoms with van der Waals surface area (Å²) in [6.45, 7) is 4.04. The molecular weight excluding hydrogens is 384 g/mol. The lowest BCUT2D eigenvalue weighted by Gasteiger charge is -2.15. The molecule has 158 valence electrons. The Balaban J connectivity index is 1.42. The number of hydrogen-bond acceptors (Lipinski definition) is 5. The van der Waals surface area contributed by atoms with Gasteiger partial charge in [-0.05, 0) is 61.9 Å². The first-order valence-corrected chi connectivity index (χ1v) is 10.5. The van der Waals surface area contributed by atoms with Crippen molar-refractivity contribution in [1.82, 2.24) is 4.90 Å². The fourth-order valence-electron chi connectivity index (χ4n) is 4.02. The van der Waals surface area contributed by atoms with E-state index in [1.807, 2.05) is 17.0 Å². The van der Waals surface area contributed by atoms with E-state index in [4.69, 9.17) is 9.15 Å². The van der Waals surface area contributed by atoms with E-state index in [1.54, 1.807) is 25.1 Å². The van der Waals surface area contributed by atoms with Crippen LogP contribution in [0.15, 0.2) is 39.5 Å². The average molecular weight is 410 g/mol. The zero-order valence-corrected chi connectivity index (χ0v) is 17.1. The van der Waals surface area contributed by atoms with Crippen LogP contribution in [-0.4, -0.2) is 36.4 Å². The number of nitrogens with one attached hydrogen (secondary N) is 1. The molecule has 4 rings (SSSR count). The Hall–Kier alpha value is -2.93. The summed E-state index contributed by atoms with van der Waals surface area (Å²) in [5, 5.41) is 2.74. The van der Waals surface area contributed by atoms with Gasteiger partial charge >= 0.3 is 5.63 Å². The van der Waals surface area contributed by atoms with E-state index in [0.717, 1.165) is 44.3 Å². The lowest BCUT2D eigenvalue weighted by molar-refractivity contribution is -0.129. The summed E-state index contributed by atoms with van der Waals surface area (Å²) in [6.07, 6.45) is 4.00. The standard InChI is InChI=1S/C23H26N2O5/c1-15-13-19(18-5-4-12-29-18)30-23(28)21(15)22(27)24-17-8-6-16(7-9-17)14-20(26)25-10-2-3-11-25/h6-9,13,18H,2-5,10-12,14H2,1H3,(H,24,27). The third kappa shape index (κ3) is 4.46. The van der Waals surface area contributed by atoms with Gasteiger partial charge in [0, 0.05) is 25.4 Å². The van der Waals surface area contributed by atoms with Crippen LogP contribution in [0.25, 0.3) is 0 Å². The van der Waals surface area contributed by atoms with E-state index < -0.39 is 11.5 Å². The number of rotatable bonds is 5. The van der Waals surface area contributed by atoms with E-state index in [9.17, 15) is 14.4 Å². The topological polar surface area (TPSA) is 88.8 Å². The normalized spacial score (nSPS) is 18.6. The van der Waals surface area contributed by atoms with Crippen LogP contribution in [0.2, 0.25) is 0 Å². The van der Waals surface area contributed by atoms with E-state index in [1.165, 1.54) is 0 Å². The molecule has 1 atom stereocenters. The van der Waals surface area contributed by atoms with Crippen LogP contribution in [0.1, 0.15) is 59.0 Å². The van der Waals surface area contributed by atoms with E-state index >= 15 is 0 Å². The smallest absolute Gasteiger partial charge is 0.349 e. The second-order valence-corrected chi connectivity index (χ2v) is 7.91. The maximum Gasteiger partial charge on any atom is 0.349 e. The molecule has 1 N–H and O–H groups in total. The summed E-state index contributed by atoms with van der Waals surface area (Å²) in [5.74, 6) is 0.0865. The molecule has 1 aromatic heterocycles. The fraction of sp³-hybridized carbons (Fsp3) is 0.435. The highest BCUT2D eigenvalue weighted by Crippen LogP contribution is 2.28. The highest BCUT2D eigenvalue weighted by molar-refractivity contribution is 6.04. The molecule has 1 unspecified atom stereocenters. The molecule has 0 saturated carbocycles. The van der Waals surface area contributed by atoms with Crippen molar-refractivity contribution in [3.8, 4) is 0 Å². The first-order chi connectivity index (χ1) is 14.5. The van der Waals surface area contributed by atoms with E-state index in [0.29, 0.717) is 30.0 Å². The van der Waals surface area contributed by atoms with Crippen molar-refractivity contribution in [2.75, 3.05) is 25.0 Å². The minimum atomic E-state index is -0.661. The summed E-state index contributed by atoms with van der Waals surface area (Å²) in [5.41, 5.74) is 1.33. The third-order valence-corrected chi connectivity index (χ3v) is 5.67. The van der Waals surface area contributed by atoms with Crippen LogP contribution in [-0.2, 0) is 16.0 Å². The number of hydrogen-bond donors (Lipinski definition) is 1. The number of nitrogens with zero attached hydrogens (tertiary/aromatic N) is 1. The summed E-state index contributed by atoms with van der Waals surface area (Å²) in [6, 6.07) is 8.82. The minimum absolute atomic E-state index is 0.00923. The van der Waals surface area contributed by atoms with Crippen molar-refractivity contribution in [1.29, 1.82) is 0 Å². The van der Waals surface area contributed by atoms with E-state index in [-0.39, 0.29) is 17.6 Å². The monoisotopic (exact) mass is 410 g/mol. The largest absolute Gasteiger partial charge is 0.424 e. The number of carbonyl (C=O) groups excluding carboxylic acids is 2. The van der Waals surface area contributed by atoms with Crippen LogP contribution >= 0.6 is 0 Å². The van der Waals surface area contributed by atoms with Gasteiger partial charge < -0.3 is 19.4 Å². The number of likely N-dealkylation sites (tertiary alicyclic amines) is 1. The molecule has 0 spiro atoms. The third-order valence-electron chi connectivity index (χ3n) is 5.67. The molecule has 3 heterocycles. The van der Waals surface area contributed by atoms with Crippen molar-refractivity contribution < 1.29 is 18.7 Å². The second-order valence-electron chi connectivity index (χ2n) is 7.91. The van der Waals surface area contributed by atoms with Crippen molar-refractivity contribution in [2.24, 2.45) is 0 Å². The molecule has 7 nitrogen and oxygen atoms in total. The lowest BCUT2D eigenvalue weighted by Crippen LogP contribution is -2.29. The SMILES string of the molecule is Cc1cc(C2CCCO2)oc(=O)c1C(=O)Nc1ccc(CC(=O)N2CCCC2)cc1. The zero-order valence-electron chi connectivity index (χ0n) is 17.1. The van der Waals surface area contributed by atoms with Gasteiger partial charge in [0.15, 0.2) is 0 Å². The Morgan fingerprint density at radius 2 is 1.87 bits per heavy atom. The predicted octanol–water partition coefficient (Wildman–Crippen LogP) is 3.22.